The fraction of sp³-hybridized carbons (Fsp3) is 0.333. The molecule has 3 atom stereocenters. The minimum Gasteiger partial charge on any atom is -0.386 e. The third-order valence-corrected chi connectivity index (χ3v) is 5.36. The van der Waals surface area contributed by atoms with Gasteiger partial charge < -0.3 is 9.67 Å². The van der Waals surface area contributed by atoms with Crippen LogP contribution in [0.5, 0.6) is 0 Å². The van der Waals surface area contributed by atoms with Gasteiger partial charge in [-0.3, -0.25) is 4.68 Å². The molecular weight excluding hydrogens is 326 g/mol. The highest BCUT2D eigenvalue weighted by molar-refractivity contribution is 5.69. The summed E-state index contributed by atoms with van der Waals surface area (Å²) in [4.78, 5) is 4.25. The Bertz CT molecular complexity index is 948. The van der Waals surface area contributed by atoms with E-state index in [0.29, 0.717) is 18.7 Å². The van der Waals surface area contributed by atoms with Crippen molar-refractivity contribution in [2.24, 2.45) is 5.92 Å². The normalized spacial score (nSPS) is 24.2. The molecule has 0 radical (unpaired) electrons. The summed E-state index contributed by atoms with van der Waals surface area (Å²) < 4.78 is 29.5. The first kappa shape index (κ1) is 14.8. The van der Waals surface area contributed by atoms with Gasteiger partial charge in [-0.15, -0.1) is 0 Å². The van der Waals surface area contributed by atoms with Gasteiger partial charge >= 0.3 is 0 Å². The van der Waals surface area contributed by atoms with Crippen LogP contribution in [-0.4, -0.2) is 24.4 Å². The number of rotatable bonds is 2. The number of nitrogens with zero attached hydrogens (tertiary/aromatic N) is 4. The summed E-state index contributed by atoms with van der Waals surface area (Å²) in [5.41, 5.74) is 3.48. The zero-order valence-corrected chi connectivity index (χ0v) is 13.3. The van der Waals surface area contributed by atoms with Crippen LogP contribution in [-0.2, 0) is 6.54 Å². The number of aryl methyl sites for hydroxylation is 1. The molecule has 0 saturated carbocycles. The van der Waals surface area contributed by atoms with Gasteiger partial charge in [0, 0.05) is 18.0 Å². The topological polar surface area (TPSA) is 55.9 Å². The van der Waals surface area contributed by atoms with Crippen LogP contribution in [0, 0.1) is 5.92 Å². The Morgan fingerprint density at radius 2 is 2.08 bits per heavy atom. The van der Waals surface area contributed by atoms with Crippen molar-refractivity contribution in [1.29, 1.82) is 0 Å². The summed E-state index contributed by atoms with van der Waals surface area (Å²) in [6.07, 6.45) is 0.794. The third-order valence-electron chi connectivity index (χ3n) is 5.36. The van der Waals surface area contributed by atoms with Crippen LogP contribution >= 0.6 is 0 Å². The molecule has 5 rings (SSSR count). The lowest BCUT2D eigenvalue weighted by Crippen LogP contribution is -2.31. The lowest BCUT2D eigenvalue weighted by atomic mass is 9.83. The minimum absolute atomic E-state index is 0.0534. The maximum atomic E-state index is 13.0. The van der Waals surface area contributed by atoms with Crippen molar-refractivity contribution in [3.05, 3.63) is 59.8 Å². The average Bonchev–Trinajstić information content (AvgIpc) is 3.29. The van der Waals surface area contributed by atoms with E-state index in [9.17, 15) is 13.9 Å². The highest BCUT2D eigenvalue weighted by atomic mass is 19.3. The lowest BCUT2D eigenvalue weighted by molar-refractivity contribution is 0.0524. The van der Waals surface area contributed by atoms with Crippen LogP contribution in [0.2, 0.25) is 0 Å². The van der Waals surface area contributed by atoms with Crippen molar-refractivity contribution in [1.82, 2.24) is 19.3 Å². The highest BCUT2D eigenvalue weighted by Crippen LogP contribution is 2.48. The molecule has 1 N–H and O–H groups in total. The van der Waals surface area contributed by atoms with Gasteiger partial charge in [-0.1, -0.05) is 24.3 Å². The zero-order chi connectivity index (χ0) is 17.1. The summed E-state index contributed by atoms with van der Waals surface area (Å²) in [7, 11) is 0. The molecule has 2 aliphatic rings. The second-order valence-electron chi connectivity index (χ2n) is 6.63. The molecule has 0 saturated heterocycles. The predicted molar refractivity (Wildman–Crippen MR) is 86.1 cm³/mol. The molecule has 0 aliphatic carbocycles. The Morgan fingerprint density at radius 1 is 1.24 bits per heavy atom. The summed E-state index contributed by atoms with van der Waals surface area (Å²) in [6, 6.07) is 9.37. The molecule has 0 amide bonds. The molecule has 0 spiro atoms. The van der Waals surface area contributed by atoms with Gasteiger partial charge in [0.15, 0.2) is 0 Å². The average molecular weight is 342 g/mol. The molecule has 1 aromatic carbocycles. The number of aromatic nitrogens is 4. The number of halogens is 2. The second kappa shape index (κ2) is 5.23. The highest BCUT2D eigenvalue weighted by Gasteiger charge is 2.41. The Morgan fingerprint density at radius 3 is 2.92 bits per heavy atom. The van der Waals surface area contributed by atoms with Gasteiger partial charge in [0.05, 0.1) is 30.0 Å². The number of alkyl halides is 2. The fourth-order valence-electron chi connectivity index (χ4n) is 4.26. The number of hydrogen-bond acceptors (Lipinski definition) is 3. The van der Waals surface area contributed by atoms with Crippen LogP contribution in [0.15, 0.2) is 42.9 Å². The SMILES string of the molecule is OC1c2cc(C(F)F)nn2CCC1C1c2ccccc2-c2cncn21. The number of hydrogen-bond donors (Lipinski definition) is 1. The molecule has 2 aromatic heterocycles. The van der Waals surface area contributed by atoms with E-state index >= 15 is 0 Å². The smallest absolute Gasteiger partial charge is 0.282 e. The first-order chi connectivity index (χ1) is 12.1. The van der Waals surface area contributed by atoms with Gasteiger partial charge in [-0.25, -0.2) is 13.8 Å². The first-order valence-corrected chi connectivity index (χ1v) is 8.30. The molecule has 7 heteroatoms. The Balaban J connectivity index is 1.58. The van der Waals surface area contributed by atoms with Gasteiger partial charge in [-0.05, 0) is 18.1 Å². The van der Waals surface area contributed by atoms with Crippen LogP contribution < -0.4 is 0 Å². The molecule has 0 bridgehead atoms. The molecule has 3 unspecified atom stereocenters. The molecule has 0 fully saturated rings. The van der Waals surface area contributed by atoms with Crippen molar-refractivity contribution < 1.29 is 13.9 Å². The van der Waals surface area contributed by atoms with E-state index in [2.05, 4.69) is 26.8 Å². The fourth-order valence-corrected chi connectivity index (χ4v) is 4.26. The Hall–Kier alpha value is -2.54. The second-order valence-corrected chi connectivity index (χ2v) is 6.63. The first-order valence-electron chi connectivity index (χ1n) is 8.30. The van der Waals surface area contributed by atoms with Crippen LogP contribution in [0.4, 0.5) is 8.78 Å². The maximum Gasteiger partial charge on any atom is 0.282 e. The quantitative estimate of drug-likeness (QED) is 0.777. The molecular formula is C18H16F2N4O. The molecule has 5 nitrogen and oxygen atoms in total. The van der Waals surface area contributed by atoms with Gasteiger partial charge in [-0.2, -0.15) is 5.10 Å². The van der Waals surface area contributed by atoms with E-state index in [-0.39, 0.29) is 17.7 Å². The molecule has 4 heterocycles. The van der Waals surface area contributed by atoms with E-state index in [1.165, 1.54) is 10.7 Å². The van der Waals surface area contributed by atoms with Gasteiger partial charge in [0.2, 0.25) is 0 Å². The van der Waals surface area contributed by atoms with Gasteiger partial charge in [0.1, 0.15) is 11.8 Å². The Kier molecular flexibility index (Phi) is 3.09. The number of imidazole rings is 1. The predicted octanol–water partition coefficient (Wildman–Crippen LogP) is 3.34. The number of benzene rings is 1. The molecule has 2 aliphatic heterocycles. The lowest BCUT2D eigenvalue weighted by Gasteiger charge is -2.34. The largest absolute Gasteiger partial charge is 0.386 e. The van der Waals surface area contributed by atoms with Crippen molar-refractivity contribution in [3.8, 4) is 11.3 Å². The minimum atomic E-state index is -2.63. The van der Waals surface area contributed by atoms with Crippen molar-refractivity contribution >= 4 is 0 Å². The maximum absolute atomic E-state index is 13.0. The molecule has 3 aromatic rings. The van der Waals surface area contributed by atoms with Crippen LogP contribution in [0.25, 0.3) is 11.3 Å². The zero-order valence-electron chi connectivity index (χ0n) is 13.3. The number of aliphatic hydroxyl groups is 1. The van der Waals surface area contributed by atoms with Crippen molar-refractivity contribution in [2.75, 3.05) is 0 Å². The van der Waals surface area contributed by atoms with Crippen molar-refractivity contribution in [3.63, 3.8) is 0 Å². The summed E-state index contributed by atoms with van der Waals surface area (Å²) in [5, 5.41) is 14.9. The van der Waals surface area contributed by atoms with E-state index in [1.54, 1.807) is 6.33 Å². The Labute approximate surface area is 142 Å². The van der Waals surface area contributed by atoms with Crippen LogP contribution in [0.3, 0.4) is 0 Å². The third kappa shape index (κ3) is 2.02. The van der Waals surface area contributed by atoms with E-state index in [0.717, 1.165) is 16.8 Å². The van der Waals surface area contributed by atoms with Gasteiger partial charge in [0.25, 0.3) is 6.43 Å². The monoisotopic (exact) mass is 342 g/mol. The van der Waals surface area contributed by atoms with E-state index < -0.39 is 12.5 Å². The number of aliphatic hydroxyl groups excluding tert-OH is 1. The van der Waals surface area contributed by atoms with Crippen LogP contribution in [0.1, 0.15) is 41.9 Å². The standard InChI is InChI=1S/C18H16F2N4O/c19-18(20)13-7-14-17(25)12(5-6-24(14)22-13)16-11-4-2-1-3-10(11)15-8-21-9-23(15)16/h1-4,7-9,12,16-18,25H,5-6H2. The summed E-state index contributed by atoms with van der Waals surface area (Å²) in [5.74, 6) is -0.119. The molecule has 25 heavy (non-hydrogen) atoms. The number of fused-ring (bicyclic) bond motifs is 4. The summed E-state index contributed by atoms with van der Waals surface area (Å²) >= 11 is 0. The molecule has 128 valence electrons. The summed E-state index contributed by atoms with van der Waals surface area (Å²) in [6.45, 7) is 0.520. The van der Waals surface area contributed by atoms with Crippen molar-refractivity contribution in [2.45, 2.75) is 31.5 Å². The van der Waals surface area contributed by atoms with E-state index in [4.69, 9.17) is 0 Å². The van der Waals surface area contributed by atoms with E-state index in [1.807, 2.05) is 18.3 Å².